The van der Waals surface area contributed by atoms with E-state index >= 15 is 0 Å². The summed E-state index contributed by atoms with van der Waals surface area (Å²) in [5, 5.41) is 0.972. The second kappa shape index (κ2) is 1.52. The van der Waals surface area contributed by atoms with E-state index in [0.717, 1.165) is 10.7 Å². The zero-order valence-corrected chi connectivity index (χ0v) is 4.43. The van der Waals surface area contributed by atoms with Crippen LogP contribution in [0.3, 0.4) is 0 Å². The van der Waals surface area contributed by atoms with Crippen LogP contribution in [0.4, 0.5) is 0 Å². The number of allylic oxidation sites excluding steroid dienone is 1. The van der Waals surface area contributed by atoms with E-state index in [1.54, 1.807) is 6.26 Å². The van der Waals surface area contributed by atoms with Gasteiger partial charge < -0.3 is 9.85 Å². The molecule has 0 aromatic heterocycles. The van der Waals surface area contributed by atoms with E-state index in [2.05, 4.69) is 10.4 Å². The topological polar surface area (TPSA) is 27.8 Å². The standard InChI is InChI=1S/C4H8N2O/c1-4-3-7-5-6(4)2/h3,6H,1-2H3. The molecule has 0 aromatic rings. The van der Waals surface area contributed by atoms with Crippen LogP contribution in [0, 0.1) is 0 Å². The van der Waals surface area contributed by atoms with Gasteiger partial charge in [0.25, 0.3) is 0 Å². The highest BCUT2D eigenvalue weighted by Crippen LogP contribution is 1.93. The summed E-state index contributed by atoms with van der Waals surface area (Å²) < 4.78 is 0. The van der Waals surface area contributed by atoms with Crippen LogP contribution in [0.1, 0.15) is 6.92 Å². The normalized spacial score (nSPS) is 29.4. The molecule has 1 aliphatic heterocycles. The van der Waals surface area contributed by atoms with Crippen LogP contribution in [0.2, 0.25) is 0 Å². The van der Waals surface area contributed by atoms with Crippen molar-refractivity contribution in [2.75, 3.05) is 7.05 Å². The maximum Gasteiger partial charge on any atom is 0.130 e. The Labute approximate surface area is 42.5 Å². The molecule has 1 N–H and O–H groups in total. The molecule has 1 rings (SSSR count). The number of hydrogen-bond acceptors (Lipinski definition) is 1. The minimum atomic E-state index is 0.972. The van der Waals surface area contributed by atoms with Gasteiger partial charge in [0.2, 0.25) is 0 Å². The lowest BCUT2D eigenvalue weighted by atomic mass is 10.6. The van der Waals surface area contributed by atoms with Crippen LogP contribution in [0.5, 0.6) is 0 Å². The molecule has 7 heavy (non-hydrogen) atoms. The van der Waals surface area contributed by atoms with Crippen LogP contribution < -0.4 is 5.01 Å². The largest absolute Gasteiger partial charge is 0.540 e. The second-order valence-corrected chi connectivity index (χ2v) is 1.58. The zero-order chi connectivity index (χ0) is 5.28. The predicted octanol–water partition coefficient (Wildman–Crippen LogP) is -0.404. The van der Waals surface area contributed by atoms with Crippen molar-refractivity contribution in [1.82, 2.24) is 0 Å². The maximum absolute atomic E-state index is 4.59. The Bertz CT molecular complexity index is 99.9. The molecule has 0 bridgehead atoms. The molecule has 1 aliphatic rings. The third-order valence-corrected chi connectivity index (χ3v) is 0.990. The van der Waals surface area contributed by atoms with Gasteiger partial charge in [-0.05, 0) is 0 Å². The minimum Gasteiger partial charge on any atom is -0.540 e. The average Bonchev–Trinajstić information content (AvgIpc) is 1.91. The third-order valence-electron chi connectivity index (χ3n) is 0.990. The molecule has 0 aliphatic carbocycles. The minimum absolute atomic E-state index is 0.972. The second-order valence-electron chi connectivity index (χ2n) is 1.58. The summed E-state index contributed by atoms with van der Waals surface area (Å²) in [5.74, 6) is 0. The fourth-order valence-electron chi connectivity index (χ4n) is 0.342. The number of rotatable bonds is 0. The lowest BCUT2D eigenvalue weighted by molar-refractivity contribution is -0.805. The van der Waals surface area contributed by atoms with Gasteiger partial charge in [0.05, 0.1) is 7.05 Å². The predicted molar refractivity (Wildman–Crippen MR) is 25.1 cm³/mol. The number of hydrogen-bond donors (Lipinski definition) is 1. The Hall–Kier alpha value is -0.540. The van der Waals surface area contributed by atoms with Crippen molar-refractivity contribution in [1.29, 1.82) is 0 Å². The lowest BCUT2D eigenvalue weighted by Gasteiger charge is -2.15. The van der Waals surface area contributed by atoms with Gasteiger partial charge in [0.1, 0.15) is 12.0 Å². The highest BCUT2D eigenvalue weighted by Gasteiger charge is 1.99. The fraction of sp³-hybridized carbons (Fsp3) is 0.500. The first-order valence-corrected chi connectivity index (χ1v) is 2.18. The highest BCUT2D eigenvalue weighted by molar-refractivity contribution is 4.83. The van der Waals surface area contributed by atoms with E-state index in [-0.39, 0.29) is 0 Å². The van der Waals surface area contributed by atoms with Gasteiger partial charge in [0.15, 0.2) is 0 Å². The molecule has 1 atom stereocenters. The molecular formula is C4H8N2O. The van der Waals surface area contributed by atoms with Crippen LogP contribution >= 0.6 is 0 Å². The van der Waals surface area contributed by atoms with Gasteiger partial charge in [-0.2, -0.15) is 0 Å². The van der Waals surface area contributed by atoms with Crippen molar-refractivity contribution in [3.8, 4) is 0 Å². The first-order chi connectivity index (χ1) is 3.30. The molecule has 0 saturated heterocycles. The smallest absolute Gasteiger partial charge is 0.130 e. The Kier molecular flexibility index (Phi) is 1.00. The summed E-state index contributed by atoms with van der Waals surface area (Å²) in [6, 6.07) is 0. The molecular weight excluding hydrogens is 92.1 g/mol. The first-order valence-electron chi connectivity index (χ1n) is 2.18. The van der Waals surface area contributed by atoms with Gasteiger partial charge in [-0.25, -0.2) is 0 Å². The monoisotopic (exact) mass is 100 g/mol. The van der Waals surface area contributed by atoms with Gasteiger partial charge in [-0.1, -0.05) is 0 Å². The van der Waals surface area contributed by atoms with Gasteiger partial charge in [-0.15, -0.1) is 0 Å². The molecule has 40 valence electrons. The van der Waals surface area contributed by atoms with E-state index < -0.39 is 0 Å². The highest BCUT2D eigenvalue weighted by atomic mass is 16.7. The van der Waals surface area contributed by atoms with Crippen molar-refractivity contribution < 1.29 is 9.85 Å². The van der Waals surface area contributed by atoms with E-state index in [4.69, 9.17) is 0 Å². The Morgan fingerprint density at radius 1 is 1.86 bits per heavy atom. The van der Waals surface area contributed by atoms with E-state index in [1.165, 1.54) is 0 Å². The van der Waals surface area contributed by atoms with Crippen LogP contribution in [-0.4, -0.2) is 7.05 Å². The third kappa shape index (κ3) is 0.730. The van der Waals surface area contributed by atoms with Crippen molar-refractivity contribution in [3.05, 3.63) is 17.5 Å². The number of quaternary nitrogens is 1. The van der Waals surface area contributed by atoms with Crippen molar-refractivity contribution in [2.45, 2.75) is 6.92 Å². The molecule has 3 heteroatoms. The van der Waals surface area contributed by atoms with Crippen molar-refractivity contribution in [3.63, 3.8) is 0 Å². The number of nitrogens with one attached hydrogen (secondary N) is 1. The molecule has 0 saturated carbocycles. The Morgan fingerprint density at radius 3 is 2.71 bits per heavy atom. The molecule has 1 heterocycles. The van der Waals surface area contributed by atoms with E-state index in [9.17, 15) is 0 Å². The molecule has 0 amide bonds. The Balaban J connectivity index is 2.54. The molecule has 3 nitrogen and oxygen atoms in total. The molecule has 1 unspecified atom stereocenters. The quantitative estimate of drug-likeness (QED) is 0.440. The van der Waals surface area contributed by atoms with Crippen LogP contribution in [-0.2, 0) is 4.84 Å². The fourth-order valence-corrected chi connectivity index (χ4v) is 0.342. The summed E-state index contributed by atoms with van der Waals surface area (Å²) in [6.07, 6.45) is 1.63. The molecule has 0 aromatic carbocycles. The summed E-state index contributed by atoms with van der Waals surface area (Å²) >= 11 is 0. The summed E-state index contributed by atoms with van der Waals surface area (Å²) in [4.78, 5) is 4.59. The Morgan fingerprint density at radius 2 is 2.57 bits per heavy atom. The van der Waals surface area contributed by atoms with Gasteiger partial charge in [-0.3, -0.25) is 5.59 Å². The maximum atomic E-state index is 4.59. The van der Waals surface area contributed by atoms with Crippen LogP contribution in [0.15, 0.2) is 12.0 Å². The SMILES string of the molecule is CC1=CO[N-][NH+]1C. The number of nitrogens with zero attached hydrogens (tertiary/aromatic N) is 1. The average molecular weight is 100 g/mol. The summed E-state index contributed by atoms with van der Waals surface area (Å²) in [6.45, 7) is 1.96. The van der Waals surface area contributed by atoms with Gasteiger partial charge in [0, 0.05) is 6.92 Å². The molecule has 0 spiro atoms. The van der Waals surface area contributed by atoms with E-state index in [1.807, 2.05) is 14.0 Å². The zero-order valence-electron chi connectivity index (χ0n) is 4.43. The van der Waals surface area contributed by atoms with Crippen molar-refractivity contribution in [2.24, 2.45) is 0 Å². The summed E-state index contributed by atoms with van der Waals surface area (Å²) in [5.41, 5.74) is 4.75. The molecule has 0 radical (unpaired) electrons. The van der Waals surface area contributed by atoms with Gasteiger partial charge >= 0.3 is 0 Å². The van der Waals surface area contributed by atoms with Crippen molar-refractivity contribution >= 4 is 0 Å². The lowest BCUT2D eigenvalue weighted by Crippen LogP contribution is -3.00. The van der Waals surface area contributed by atoms with E-state index in [0.29, 0.717) is 0 Å². The molecule has 0 fully saturated rings. The summed E-state index contributed by atoms with van der Waals surface area (Å²) in [7, 11) is 1.92. The van der Waals surface area contributed by atoms with Crippen LogP contribution in [0.25, 0.3) is 5.59 Å². The first kappa shape index (κ1) is 4.61.